The maximum atomic E-state index is 13.6. The summed E-state index contributed by atoms with van der Waals surface area (Å²) in [4.78, 5) is -0.677. The fourth-order valence-corrected chi connectivity index (χ4v) is 3.32. The van der Waals surface area contributed by atoms with Crippen molar-refractivity contribution in [2.75, 3.05) is 12.8 Å². The zero-order chi connectivity index (χ0) is 15.6. The lowest BCUT2D eigenvalue weighted by Gasteiger charge is -2.09. The third-order valence-electron chi connectivity index (χ3n) is 2.81. The van der Waals surface area contributed by atoms with Gasteiger partial charge in [-0.2, -0.15) is 0 Å². The van der Waals surface area contributed by atoms with Crippen molar-refractivity contribution in [3.63, 3.8) is 0 Å². The van der Waals surface area contributed by atoms with Crippen molar-refractivity contribution in [2.24, 2.45) is 0 Å². The summed E-state index contributed by atoms with van der Waals surface area (Å²) in [6.45, 7) is 0. The minimum absolute atomic E-state index is 0.319. The van der Waals surface area contributed by atoms with E-state index in [1.54, 1.807) is 0 Å². The van der Waals surface area contributed by atoms with Crippen LogP contribution in [0.3, 0.4) is 0 Å². The van der Waals surface area contributed by atoms with Gasteiger partial charge >= 0.3 is 0 Å². The Bertz CT molecular complexity index is 776. The molecule has 0 aromatic heterocycles. The van der Waals surface area contributed by atoms with E-state index in [0.29, 0.717) is 23.1 Å². The second kappa shape index (κ2) is 5.69. The Morgan fingerprint density at radius 3 is 2.52 bits per heavy atom. The molecule has 0 aliphatic carbocycles. The second-order valence-electron chi connectivity index (χ2n) is 4.45. The van der Waals surface area contributed by atoms with E-state index in [2.05, 4.69) is 0 Å². The van der Waals surface area contributed by atoms with Crippen molar-refractivity contribution in [3.8, 4) is 5.75 Å². The van der Waals surface area contributed by atoms with E-state index in [1.165, 1.54) is 25.3 Å². The van der Waals surface area contributed by atoms with Crippen LogP contribution < -0.4 is 10.5 Å². The van der Waals surface area contributed by atoms with Crippen LogP contribution in [0.2, 0.25) is 0 Å². The molecule has 0 amide bonds. The highest BCUT2D eigenvalue weighted by Crippen LogP contribution is 2.24. The molecule has 4 nitrogen and oxygen atoms in total. The molecule has 0 fully saturated rings. The molecule has 0 unspecified atom stereocenters. The highest BCUT2D eigenvalue weighted by atomic mass is 32.2. The van der Waals surface area contributed by atoms with Crippen LogP contribution in [0.4, 0.5) is 14.5 Å². The summed E-state index contributed by atoms with van der Waals surface area (Å²) in [5.41, 5.74) is 6.29. The predicted molar refractivity (Wildman–Crippen MR) is 74.7 cm³/mol. The van der Waals surface area contributed by atoms with Gasteiger partial charge in [-0.1, -0.05) is 0 Å². The van der Waals surface area contributed by atoms with Gasteiger partial charge in [0, 0.05) is 11.8 Å². The Morgan fingerprint density at radius 1 is 1.14 bits per heavy atom. The first-order valence-corrected chi connectivity index (χ1v) is 7.58. The van der Waals surface area contributed by atoms with Crippen LogP contribution in [-0.4, -0.2) is 15.5 Å². The number of benzene rings is 2. The third-order valence-corrected chi connectivity index (χ3v) is 4.51. The standard InChI is InChI=1S/C14H13F2NO3S/c1-20-12-5-9(4-11(17)7-12)8-21(18,19)14-6-10(15)2-3-13(14)16/h2-7H,8,17H2,1H3. The molecule has 0 aliphatic rings. The minimum Gasteiger partial charge on any atom is -0.497 e. The first-order valence-electron chi connectivity index (χ1n) is 5.93. The smallest absolute Gasteiger partial charge is 0.185 e. The summed E-state index contributed by atoms with van der Waals surface area (Å²) in [6.07, 6.45) is 0. The molecule has 7 heteroatoms. The molecular weight excluding hydrogens is 300 g/mol. The Kier molecular flexibility index (Phi) is 4.13. The predicted octanol–water partition coefficient (Wildman–Crippen LogP) is 2.53. The summed E-state index contributed by atoms with van der Waals surface area (Å²) in [5, 5.41) is 0. The third kappa shape index (κ3) is 3.49. The molecule has 0 bridgehead atoms. The van der Waals surface area contributed by atoms with E-state index in [1.807, 2.05) is 0 Å². The van der Waals surface area contributed by atoms with Crippen molar-refractivity contribution in [2.45, 2.75) is 10.6 Å². The van der Waals surface area contributed by atoms with Gasteiger partial charge in [0.15, 0.2) is 9.84 Å². The van der Waals surface area contributed by atoms with Crippen LogP contribution in [0.15, 0.2) is 41.3 Å². The van der Waals surface area contributed by atoms with Crippen LogP contribution in [0, 0.1) is 11.6 Å². The lowest BCUT2D eigenvalue weighted by atomic mass is 10.2. The number of rotatable bonds is 4. The van der Waals surface area contributed by atoms with Gasteiger partial charge < -0.3 is 10.5 Å². The molecule has 0 saturated carbocycles. The Labute approximate surface area is 121 Å². The second-order valence-corrected chi connectivity index (χ2v) is 6.41. The molecule has 2 aromatic rings. The minimum atomic E-state index is -4.03. The van der Waals surface area contributed by atoms with E-state index in [-0.39, 0.29) is 0 Å². The molecule has 112 valence electrons. The van der Waals surface area contributed by atoms with E-state index in [0.717, 1.165) is 12.1 Å². The van der Waals surface area contributed by atoms with Crippen molar-refractivity contribution in [1.29, 1.82) is 0 Å². The highest BCUT2D eigenvalue weighted by molar-refractivity contribution is 7.90. The number of anilines is 1. The zero-order valence-electron chi connectivity index (χ0n) is 11.1. The van der Waals surface area contributed by atoms with Gasteiger partial charge in [-0.3, -0.25) is 0 Å². The van der Waals surface area contributed by atoms with Gasteiger partial charge in [0.25, 0.3) is 0 Å². The van der Waals surface area contributed by atoms with E-state index in [4.69, 9.17) is 10.5 Å². The number of hydrogen-bond acceptors (Lipinski definition) is 4. The van der Waals surface area contributed by atoms with Gasteiger partial charge in [-0.25, -0.2) is 17.2 Å². The molecule has 0 aliphatic heterocycles. The molecule has 0 radical (unpaired) electrons. The molecule has 0 heterocycles. The largest absolute Gasteiger partial charge is 0.497 e. The summed E-state index contributed by atoms with van der Waals surface area (Å²) >= 11 is 0. The normalized spacial score (nSPS) is 11.4. The molecule has 2 aromatic carbocycles. The van der Waals surface area contributed by atoms with Crippen LogP contribution in [0.5, 0.6) is 5.75 Å². The average Bonchev–Trinajstić information content (AvgIpc) is 2.40. The lowest BCUT2D eigenvalue weighted by Crippen LogP contribution is -2.08. The van der Waals surface area contributed by atoms with Gasteiger partial charge in [-0.05, 0) is 35.9 Å². The number of nitrogen functional groups attached to an aromatic ring is 1. The SMILES string of the molecule is COc1cc(N)cc(CS(=O)(=O)c2cc(F)ccc2F)c1. The molecule has 2 N–H and O–H groups in total. The van der Waals surface area contributed by atoms with E-state index in [9.17, 15) is 17.2 Å². The molecule has 0 saturated heterocycles. The quantitative estimate of drug-likeness (QED) is 0.881. The molecule has 0 atom stereocenters. The number of halogens is 2. The Hall–Kier alpha value is -2.15. The number of sulfone groups is 1. The monoisotopic (exact) mass is 313 g/mol. The average molecular weight is 313 g/mol. The van der Waals surface area contributed by atoms with Crippen LogP contribution in [-0.2, 0) is 15.6 Å². The van der Waals surface area contributed by atoms with E-state index >= 15 is 0 Å². The zero-order valence-corrected chi connectivity index (χ0v) is 12.0. The van der Waals surface area contributed by atoms with Crippen molar-refractivity contribution in [1.82, 2.24) is 0 Å². The van der Waals surface area contributed by atoms with Crippen LogP contribution in [0.1, 0.15) is 5.56 Å². The Balaban J connectivity index is 2.42. The van der Waals surface area contributed by atoms with Crippen molar-refractivity contribution < 1.29 is 21.9 Å². The molecular formula is C14H13F2NO3S. The van der Waals surface area contributed by atoms with E-state index < -0.39 is 32.1 Å². The fourth-order valence-electron chi connectivity index (χ4n) is 1.90. The summed E-state index contributed by atoms with van der Waals surface area (Å²) in [7, 11) is -2.62. The lowest BCUT2D eigenvalue weighted by molar-refractivity contribution is 0.414. The molecule has 21 heavy (non-hydrogen) atoms. The number of ether oxygens (including phenoxy) is 1. The van der Waals surface area contributed by atoms with Crippen molar-refractivity contribution in [3.05, 3.63) is 53.6 Å². The molecule has 0 spiro atoms. The van der Waals surface area contributed by atoms with Gasteiger partial charge in [0.05, 0.1) is 12.9 Å². The molecule has 2 rings (SSSR count). The summed E-state index contributed by atoms with van der Waals surface area (Å²) in [5.74, 6) is -1.93. The maximum Gasteiger partial charge on any atom is 0.185 e. The van der Waals surface area contributed by atoms with Gasteiger partial charge in [0.1, 0.15) is 22.3 Å². The topological polar surface area (TPSA) is 69.4 Å². The first-order chi connectivity index (χ1) is 9.81. The Morgan fingerprint density at radius 2 is 1.86 bits per heavy atom. The number of nitrogens with two attached hydrogens (primary N) is 1. The van der Waals surface area contributed by atoms with Crippen LogP contribution in [0.25, 0.3) is 0 Å². The number of hydrogen-bond donors (Lipinski definition) is 1. The van der Waals surface area contributed by atoms with Crippen molar-refractivity contribution >= 4 is 15.5 Å². The van der Waals surface area contributed by atoms with Gasteiger partial charge in [0.2, 0.25) is 0 Å². The van der Waals surface area contributed by atoms with Gasteiger partial charge in [-0.15, -0.1) is 0 Å². The number of methoxy groups -OCH3 is 1. The van der Waals surface area contributed by atoms with Crippen LogP contribution >= 0.6 is 0 Å². The maximum absolute atomic E-state index is 13.6. The summed E-state index contributed by atoms with van der Waals surface area (Å²) in [6, 6.07) is 6.75. The highest BCUT2D eigenvalue weighted by Gasteiger charge is 2.21. The summed E-state index contributed by atoms with van der Waals surface area (Å²) < 4.78 is 56.1. The fraction of sp³-hybridized carbons (Fsp3) is 0.143. The first kappa shape index (κ1) is 15.2.